The summed E-state index contributed by atoms with van der Waals surface area (Å²) in [5.74, 6) is 0.785. The number of benzene rings is 1. The van der Waals surface area contributed by atoms with Gasteiger partial charge < -0.3 is 4.74 Å². The van der Waals surface area contributed by atoms with E-state index in [1.807, 2.05) is 31.2 Å². The highest BCUT2D eigenvalue weighted by Crippen LogP contribution is 2.12. The molecule has 1 rings (SSSR count). The Labute approximate surface area is 121 Å². The van der Waals surface area contributed by atoms with Crippen molar-refractivity contribution in [1.82, 2.24) is 0 Å². The van der Waals surface area contributed by atoms with Gasteiger partial charge in [-0.25, -0.2) is 0 Å². The van der Waals surface area contributed by atoms with Crippen LogP contribution < -0.4 is 4.74 Å². The van der Waals surface area contributed by atoms with Crippen LogP contribution in [0.3, 0.4) is 0 Å². The second-order valence-corrected chi connectivity index (χ2v) is 6.64. The van der Waals surface area contributed by atoms with Crippen molar-refractivity contribution in [2.24, 2.45) is 0 Å². The van der Waals surface area contributed by atoms with Crippen molar-refractivity contribution in [3.8, 4) is 5.75 Å². The lowest BCUT2D eigenvalue weighted by atomic mass is 10.1. The van der Waals surface area contributed by atoms with Crippen LogP contribution in [-0.2, 0) is 10.1 Å². The van der Waals surface area contributed by atoms with Crippen LogP contribution in [0.2, 0.25) is 0 Å². The highest BCUT2D eigenvalue weighted by molar-refractivity contribution is 7.85. The lowest BCUT2D eigenvalue weighted by Gasteiger charge is -2.06. The van der Waals surface area contributed by atoms with E-state index in [1.165, 1.54) is 5.56 Å². The van der Waals surface area contributed by atoms with E-state index in [9.17, 15) is 8.42 Å². The Kier molecular flexibility index (Phi) is 7.62. The third kappa shape index (κ3) is 8.93. The Morgan fingerprint density at radius 3 is 2.10 bits per heavy atom. The molecule has 0 spiro atoms. The summed E-state index contributed by atoms with van der Waals surface area (Å²) in [7, 11) is -3.78. The Balaban J connectivity index is 1.94. The molecule has 0 atom stereocenters. The average molecular weight is 300 g/mol. The number of ether oxygens (including phenoxy) is 1. The lowest BCUT2D eigenvalue weighted by molar-refractivity contribution is 0.304. The Morgan fingerprint density at radius 1 is 0.950 bits per heavy atom. The Morgan fingerprint density at radius 2 is 1.50 bits per heavy atom. The fourth-order valence-electron chi connectivity index (χ4n) is 1.92. The summed E-state index contributed by atoms with van der Waals surface area (Å²) in [6.45, 7) is 2.76. The zero-order valence-electron chi connectivity index (χ0n) is 12.0. The van der Waals surface area contributed by atoms with Crippen molar-refractivity contribution in [3.63, 3.8) is 0 Å². The van der Waals surface area contributed by atoms with Gasteiger partial charge in [0.25, 0.3) is 10.1 Å². The van der Waals surface area contributed by atoms with E-state index >= 15 is 0 Å². The van der Waals surface area contributed by atoms with Crippen molar-refractivity contribution in [2.75, 3.05) is 12.4 Å². The molecule has 0 bridgehead atoms. The lowest BCUT2D eigenvalue weighted by Crippen LogP contribution is -2.03. The highest BCUT2D eigenvalue weighted by atomic mass is 32.2. The first-order chi connectivity index (χ1) is 9.47. The van der Waals surface area contributed by atoms with Crippen molar-refractivity contribution < 1.29 is 17.7 Å². The molecule has 0 aliphatic heterocycles. The highest BCUT2D eigenvalue weighted by Gasteiger charge is 2.02. The van der Waals surface area contributed by atoms with Crippen LogP contribution in [-0.4, -0.2) is 25.3 Å². The standard InChI is InChI=1S/C15H24O4S/c1-14-8-10-15(11-9-14)19-12-6-4-2-3-5-7-13-20(16,17)18/h8-11H,2-7,12-13H2,1H3,(H,16,17,18). The van der Waals surface area contributed by atoms with Crippen LogP contribution in [0.4, 0.5) is 0 Å². The van der Waals surface area contributed by atoms with Crippen molar-refractivity contribution in [3.05, 3.63) is 29.8 Å². The van der Waals surface area contributed by atoms with Gasteiger partial charge in [0, 0.05) is 0 Å². The first kappa shape index (κ1) is 17.0. The molecule has 0 saturated heterocycles. The fraction of sp³-hybridized carbons (Fsp3) is 0.600. The third-order valence-corrected chi connectivity index (χ3v) is 3.89. The van der Waals surface area contributed by atoms with Crippen molar-refractivity contribution in [1.29, 1.82) is 0 Å². The molecule has 0 heterocycles. The van der Waals surface area contributed by atoms with Crippen LogP contribution in [0.5, 0.6) is 5.75 Å². The molecule has 0 unspecified atom stereocenters. The summed E-state index contributed by atoms with van der Waals surface area (Å²) in [4.78, 5) is 0. The van der Waals surface area contributed by atoms with E-state index in [4.69, 9.17) is 9.29 Å². The molecule has 1 aromatic rings. The van der Waals surface area contributed by atoms with Gasteiger partial charge in [0.15, 0.2) is 0 Å². The first-order valence-electron chi connectivity index (χ1n) is 7.12. The van der Waals surface area contributed by atoms with E-state index in [0.717, 1.165) is 37.9 Å². The second-order valence-electron chi connectivity index (χ2n) is 5.07. The summed E-state index contributed by atoms with van der Waals surface area (Å²) in [6, 6.07) is 8.02. The predicted octanol–water partition coefficient (Wildman–Crippen LogP) is 3.60. The predicted molar refractivity (Wildman–Crippen MR) is 80.8 cm³/mol. The minimum absolute atomic E-state index is 0.121. The molecule has 20 heavy (non-hydrogen) atoms. The minimum atomic E-state index is -3.78. The Bertz CT molecular complexity index is 465. The largest absolute Gasteiger partial charge is 0.494 e. The zero-order chi connectivity index (χ0) is 14.8. The number of hydrogen-bond acceptors (Lipinski definition) is 3. The minimum Gasteiger partial charge on any atom is -0.494 e. The maximum absolute atomic E-state index is 10.5. The molecular formula is C15H24O4S. The molecule has 0 amide bonds. The van der Waals surface area contributed by atoms with Crippen molar-refractivity contribution >= 4 is 10.1 Å². The molecule has 1 aromatic carbocycles. The molecule has 1 N–H and O–H groups in total. The monoisotopic (exact) mass is 300 g/mol. The maximum Gasteiger partial charge on any atom is 0.264 e. The van der Waals surface area contributed by atoms with Gasteiger partial charge in [-0.2, -0.15) is 8.42 Å². The molecular weight excluding hydrogens is 276 g/mol. The van der Waals surface area contributed by atoms with E-state index in [1.54, 1.807) is 0 Å². The molecule has 0 saturated carbocycles. The third-order valence-electron chi connectivity index (χ3n) is 3.09. The molecule has 0 aliphatic carbocycles. The molecule has 0 aromatic heterocycles. The van der Waals surface area contributed by atoms with Crippen LogP contribution >= 0.6 is 0 Å². The van der Waals surface area contributed by atoms with E-state index in [-0.39, 0.29) is 5.75 Å². The van der Waals surface area contributed by atoms with Gasteiger partial charge in [-0.1, -0.05) is 43.4 Å². The first-order valence-corrected chi connectivity index (χ1v) is 8.73. The van der Waals surface area contributed by atoms with Gasteiger partial charge >= 0.3 is 0 Å². The van der Waals surface area contributed by atoms with E-state index in [2.05, 4.69) is 0 Å². The summed E-state index contributed by atoms with van der Waals surface area (Å²) < 4.78 is 35.2. The summed E-state index contributed by atoms with van der Waals surface area (Å²) in [5, 5.41) is 0. The second kappa shape index (κ2) is 8.97. The molecule has 4 nitrogen and oxygen atoms in total. The average Bonchev–Trinajstić information content (AvgIpc) is 2.37. The van der Waals surface area contributed by atoms with Crippen LogP contribution in [0.25, 0.3) is 0 Å². The number of unbranched alkanes of at least 4 members (excludes halogenated alkanes) is 5. The van der Waals surface area contributed by atoms with Crippen LogP contribution in [0, 0.1) is 6.92 Å². The SMILES string of the molecule is Cc1ccc(OCCCCCCCCS(=O)(=O)O)cc1. The fourth-order valence-corrected chi connectivity index (χ4v) is 2.49. The van der Waals surface area contributed by atoms with Gasteiger partial charge in [0.1, 0.15) is 5.75 Å². The van der Waals surface area contributed by atoms with E-state index < -0.39 is 10.1 Å². The van der Waals surface area contributed by atoms with Gasteiger partial charge in [0.2, 0.25) is 0 Å². The number of rotatable bonds is 10. The van der Waals surface area contributed by atoms with Crippen LogP contribution in [0.1, 0.15) is 44.1 Å². The molecule has 0 aliphatic rings. The maximum atomic E-state index is 10.5. The van der Waals surface area contributed by atoms with E-state index in [0.29, 0.717) is 13.0 Å². The topological polar surface area (TPSA) is 63.6 Å². The van der Waals surface area contributed by atoms with Crippen molar-refractivity contribution in [2.45, 2.75) is 45.4 Å². The molecule has 114 valence electrons. The zero-order valence-corrected chi connectivity index (χ0v) is 12.9. The smallest absolute Gasteiger partial charge is 0.264 e. The summed E-state index contributed by atoms with van der Waals surface area (Å²) in [5.41, 5.74) is 1.22. The number of hydrogen-bond donors (Lipinski definition) is 1. The summed E-state index contributed by atoms with van der Waals surface area (Å²) >= 11 is 0. The van der Waals surface area contributed by atoms with Gasteiger partial charge in [-0.05, 0) is 31.9 Å². The van der Waals surface area contributed by atoms with Gasteiger partial charge in [0.05, 0.1) is 12.4 Å². The van der Waals surface area contributed by atoms with Crippen LogP contribution in [0.15, 0.2) is 24.3 Å². The molecule has 5 heteroatoms. The van der Waals surface area contributed by atoms with Gasteiger partial charge in [-0.15, -0.1) is 0 Å². The normalized spacial score (nSPS) is 11.5. The number of aryl methyl sites for hydroxylation is 1. The molecule has 0 fully saturated rings. The summed E-state index contributed by atoms with van der Waals surface area (Å²) in [6.07, 6.45) is 5.55. The molecule has 0 radical (unpaired) electrons. The Hall–Kier alpha value is -1.07. The quantitative estimate of drug-likeness (QED) is 0.529. The van der Waals surface area contributed by atoms with Gasteiger partial charge in [-0.3, -0.25) is 4.55 Å².